The van der Waals surface area contributed by atoms with E-state index in [0.717, 1.165) is 10.9 Å². The fourth-order valence-electron chi connectivity index (χ4n) is 0.949. The van der Waals surface area contributed by atoms with Gasteiger partial charge < -0.3 is 5.11 Å². The van der Waals surface area contributed by atoms with Crippen molar-refractivity contribution in [1.82, 2.24) is 9.78 Å². The Morgan fingerprint density at radius 3 is 2.38 bits per heavy atom. The van der Waals surface area contributed by atoms with Crippen LogP contribution >= 0.6 is 15.9 Å². The number of aliphatic hydroxyl groups excluding tert-OH is 1. The van der Waals surface area contributed by atoms with Crippen molar-refractivity contribution in [1.29, 1.82) is 0 Å². The van der Waals surface area contributed by atoms with Crippen molar-refractivity contribution in [3.63, 3.8) is 0 Å². The number of aromatic nitrogens is 2. The van der Waals surface area contributed by atoms with Crippen molar-refractivity contribution < 1.29 is 27.1 Å². The quantitative estimate of drug-likeness (QED) is 0.868. The maximum absolute atomic E-state index is 13.2. The first-order chi connectivity index (χ1) is 7.30. The molecule has 9 heteroatoms. The van der Waals surface area contributed by atoms with Crippen molar-refractivity contribution in [3.8, 4) is 0 Å². The Labute approximate surface area is 95.0 Å². The molecular weight excluding hydrogens is 303 g/mol. The summed E-state index contributed by atoms with van der Waals surface area (Å²) in [5, 5.41) is 11.8. The first-order valence-corrected chi connectivity index (χ1v) is 4.73. The Bertz CT molecular complexity index is 370. The molecule has 1 atom stereocenters. The maximum Gasteiger partial charge on any atom is 0.343 e. The Kier molecular flexibility index (Phi) is 3.89. The summed E-state index contributed by atoms with van der Waals surface area (Å²) in [6.07, 6.45) is -6.37. The first kappa shape index (κ1) is 13.4. The van der Waals surface area contributed by atoms with Crippen molar-refractivity contribution in [3.05, 3.63) is 16.4 Å². The molecule has 0 aromatic carbocycles. The lowest BCUT2D eigenvalue weighted by Crippen LogP contribution is -2.32. The molecule has 3 nitrogen and oxygen atoms in total. The van der Waals surface area contributed by atoms with Gasteiger partial charge in [-0.1, -0.05) is 0 Å². The Balaban J connectivity index is 3.04. The molecule has 0 bridgehead atoms. The van der Waals surface area contributed by atoms with Crippen LogP contribution in [-0.4, -0.2) is 27.2 Å². The Morgan fingerprint density at radius 2 is 2.00 bits per heavy atom. The monoisotopic (exact) mass is 308 g/mol. The minimum absolute atomic E-state index is 0.214. The second-order valence-electron chi connectivity index (χ2n) is 2.88. The fourth-order valence-corrected chi connectivity index (χ4v) is 1.47. The molecule has 1 aromatic rings. The van der Waals surface area contributed by atoms with E-state index in [1.165, 1.54) is 0 Å². The third kappa shape index (κ3) is 2.34. The third-order valence-electron chi connectivity index (χ3n) is 1.76. The molecular formula is C7H6BrF5N2O. The van der Waals surface area contributed by atoms with Gasteiger partial charge in [0.05, 0.1) is 4.47 Å². The second kappa shape index (κ2) is 4.66. The van der Waals surface area contributed by atoms with E-state index in [0.29, 0.717) is 0 Å². The largest absolute Gasteiger partial charge is 0.374 e. The van der Waals surface area contributed by atoms with Crippen LogP contribution in [0.2, 0.25) is 0 Å². The summed E-state index contributed by atoms with van der Waals surface area (Å²) >= 11 is 2.69. The zero-order valence-corrected chi connectivity index (χ0v) is 9.13. The van der Waals surface area contributed by atoms with E-state index in [4.69, 9.17) is 5.11 Å². The molecule has 0 saturated carbocycles. The van der Waals surface area contributed by atoms with Gasteiger partial charge in [0.15, 0.2) is 0 Å². The molecule has 16 heavy (non-hydrogen) atoms. The molecule has 1 heterocycles. The predicted octanol–water partition coefficient (Wildman–Crippen LogP) is 2.51. The summed E-state index contributed by atoms with van der Waals surface area (Å²) in [6, 6.07) is 0. The van der Waals surface area contributed by atoms with E-state index in [-0.39, 0.29) is 4.47 Å². The van der Waals surface area contributed by atoms with Gasteiger partial charge >= 0.3 is 12.3 Å². The van der Waals surface area contributed by atoms with Crippen LogP contribution in [0.15, 0.2) is 10.7 Å². The Morgan fingerprint density at radius 1 is 1.44 bits per heavy atom. The SMILES string of the molecule is OCn1cc(Br)c(C(F)C(F)(F)C(F)F)n1. The number of aliphatic hydroxyl groups is 1. The summed E-state index contributed by atoms with van der Waals surface area (Å²) in [4.78, 5) is 0. The minimum atomic E-state index is -4.82. The maximum atomic E-state index is 13.2. The van der Waals surface area contributed by atoms with Gasteiger partial charge in [-0.05, 0) is 15.9 Å². The van der Waals surface area contributed by atoms with Gasteiger partial charge in [0, 0.05) is 6.20 Å². The van der Waals surface area contributed by atoms with Crippen molar-refractivity contribution in [2.75, 3.05) is 0 Å². The van der Waals surface area contributed by atoms with Gasteiger partial charge in [-0.25, -0.2) is 17.9 Å². The standard InChI is InChI=1S/C7H6BrF5N2O/c8-3-1-15(2-16)14-4(3)5(9)7(12,13)6(10)11/h1,5-6,16H,2H2. The minimum Gasteiger partial charge on any atom is -0.374 e. The third-order valence-corrected chi connectivity index (χ3v) is 2.37. The van der Waals surface area contributed by atoms with Gasteiger partial charge in [0.1, 0.15) is 12.4 Å². The van der Waals surface area contributed by atoms with Crippen LogP contribution in [0.25, 0.3) is 0 Å². The number of nitrogens with zero attached hydrogens (tertiary/aromatic N) is 2. The number of hydrogen-bond donors (Lipinski definition) is 1. The van der Waals surface area contributed by atoms with Crippen molar-refractivity contribution in [2.45, 2.75) is 25.3 Å². The average Bonchev–Trinajstić information content (AvgIpc) is 2.58. The lowest BCUT2D eigenvalue weighted by molar-refractivity contribution is -0.173. The van der Waals surface area contributed by atoms with E-state index in [1.54, 1.807) is 0 Å². The molecule has 0 amide bonds. The van der Waals surface area contributed by atoms with Crippen LogP contribution in [0, 0.1) is 0 Å². The van der Waals surface area contributed by atoms with Crippen LogP contribution in [0.4, 0.5) is 22.0 Å². The second-order valence-corrected chi connectivity index (χ2v) is 3.74. The molecule has 1 unspecified atom stereocenters. The predicted molar refractivity (Wildman–Crippen MR) is 46.9 cm³/mol. The van der Waals surface area contributed by atoms with Gasteiger partial charge in [0.25, 0.3) is 0 Å². The summed E-state index contributed by atoms with van der Waals surface area (Å²) in [6.45, 7) is -0.675. The van der Waals surface area contributed by atoms with E-state index in [2.05, 4.69) is 21.0 Å². The van der Waals surface area contributed by atoms with E-state index in [1.807, 2.05) is 0 Å². The molecule has 0 fully saturated rings. The lowest BCUT2D eigenvalue weighted by Gasteiger charge is -2.18. The highest BCUT2D eigenvalue weighted by Gasteiger charge is 2.52. The summed E-state index contributed by atoms with van der Waals surface area (Å²) < 4.78 is 62.8. The molecule has 1 rings (SSSR count). The zero-order chi connectivity index (χ0) is 12.5. The number of hydrogen-bond acceptors (Lipinski definition) is 2. The van der Waals surface area contributed by atoms with Crippen LogP contribution in [0.3, 0.4) is 0 Å². The molecule has 0 radical (unpaired) electrons. The lowest BCUT2D eigenvalue weighted by atomic mass is 10.1. The van der Waals surface area contributed by atoms with Gasteiger partial charge in [-0.3, -0.25) is 0 Å². The molecule has 92 valence electrons. The molecule has 0 aliphatic carbocycles. The molecule has 0 aliphatic rings. The van der Waals surface area contributed by atoms with Crippen LogP contribution in [-0.2, 0) is 6.73 Å². The summed E-state index contributed by atoms with van der Waals surface area (Å²) in [5.41, 5.74) is -0.876. The number of alkyl halides is 5. The number of halogens is 6. The highest BCUT2D eigenvalue weighted by Crippen LogP contribution is 2.41. The van der Waals surface area contributed by atoms with Gasteiger partial charge in [-0.15, -0.1) is 0 Å². The molecule has 1 aromatic heterocycles. The summed E-state index contributed by atoms with van der Waals surface area (Å²) in [7, 11) is 0. The molecule has 0 saturated heterocycles. The van der Waals surface area contributed by atoms with E-state index < -0.39 is 30.9 Å². The van der Waals surface area contributed by atoms with E-state index in [9.17, 15) is 22.0 Å². The Hall–Kier alpha value is -0.700. The van der Waals surface area contributed by atoms with Crippen molar-refractivity contribution >= 4 is 15.9 Å². The first-order valence-electron chi connectivity index (χ1n) is 3.94. The van der Waals surface area contributed by atoms with Crippen LogP contribution in [0.1, 0.15) is 11.9 Å². The van der Waals surface area contributed by atoms with E-state index >= 15 is 0 Å². The smallest absolute Gasteiger partial charge is 0.343 e. The van der Waals surface area contributed by atoms with Crippen LogP contribution in [0.5, 0.6) is 0 Å². The molecule has 0 spiro atoms. The fraction of sp³-hybridized carbons (Fsp3) is 0.571. The van der Waals surface area contributed by atoms with Gasteiger partial charge in [0.2, 0.25) is 6.17 Å². The topological polar surface area (TPSA) is 38.0 Å². The highest BCUT2D eigenvalue weighted by molar-refractivity contribution is 9.10. The molecule has 0 aliphatic heterocycles. The highest BCUT2D eigenvalue weighted by atomic mass is 79.9. The molecule has 1 N–H and O–H groups in total. The number of rotatable bonds is 4. The van der Waals surface area contributed by atoms with Crippen molar-refractivity contribution in [2.24, 2.45) is 0 Å². The van der Waals surface area contributed by atoms with Gasteiger partial charge in [-0.2, -0.15) is 13.9 Å². The average molecular weight is 309 g/mol. The normalized spacial score (nSPS) is 14.5. The van der Waals surface area contributed by atoms with Crippen LogP contribution < -0.4 is 0 Å². The summed E-state index contributed by atoms with van der Waals surface area (Å²) in [5.74, 6) is -4.82. The zero-order valence-electron chi connectivity index (χ0n) is 7.55.